The van der Waals surface area contributed by atoms with Crippen LogP contribution in [0.25, 0.3) is 0 Å². The van der Waals surface area contributed by atoms with Gasteiger partial charge in [0.05, 0.1) is 12.6 Å². The molecule has 0 amide bonds. The van der Waals surface area contributed by atoms with Crippen LogP contribution in [0.15, 0.2) is 30.3 Å². The molecule has 0 radical (unpaired) electrons. The molecule has 5 heteroatoms. The van der Waals surface area contributed by atoms with Crippen LogP contribution in [0.2, 0.25) is 0 Å². The predicted molar refractivity (Wildman–Crippen MR) is 72.7 cm³/mol. The van der Waals surface area contributed by atoms with Crippen LogP contribution in [0.4, 0.5) is 0 Å². The second kappa shape index (κ2) is 5.79. The lowest BCUT2D eigenvalue weighted by Crippen LogP contribution is -2.52. The van der Waals surface area contributed by atoms with Crippen LogP contribution in [0.5, 0.6) is 0 Å². The van der Waals surface area contributed by atoms with Gasteiger partial charge in [-0.25, -0.2) is 0 Å². The van der Waals surface area contributed by atoms with Crippen molar-refractivity contribution in [1.29, 1.82) is 0 Å². The highest BCUT2D eigenvalue weighted by atomic mass is 16.7. The smallest absolute Gasteiger partial charge is 0.155 e. The fourth-order valence-electron chi connectivity index (χ4n) is 2.92. The fourth-order valence-corrected chi connectivity index (χ4v) is 2.92. The molecule has 2 aliphatic rings. The maximum absolute atomic E-state index is 10.1. The maximum Gasteiger partial charge on any atom is 0.155 e. The average molecular weight is 279 g/mol. The van der Waals surface area contributed by atoms with E-state index in [2.05, 4.69) is 12.1 Å². The summed E-state index contributed by atoms with van der Waals surface area (Å²) in [5.41, 5.74) is 1.15. The number of aliphatic hydroxyl groups is 1. The van der Waals surface area contributed by atoms with Crippen molar-refractivity contribution < 1.29 is 19.4 Å². The molecular weight excluding hydrogens is 258 g/mol. The molecule has 0 bridgehead atoms. The van der Waals surface area contributed by atoms with Crippen molar-refractivity contribution in [2.45, 2.75) is 44.0 Å². The Kier molecular flexibility index (Phi) is 4.05. The average Bonchev–Trinajstić information content (AvgIpc) is 2.84. The van der Waals surface area contributed by atoms with Crippen LogP contribution in [-0.4, -0.2) is 48.4 Å². The summed E-state index contributed by atoms with van der Waals surface area (Å²) in [6, 6.07) is 10.2. The van der Waals surface area contributed by atoms with Gasteiger partial charge < -0.3 is 14.6 Å². The van der Waals surface area contributed by atoms with Gasteiger partial charge in [0.15, 0.2) is 6.29 Å². The largest absolute Gasteiger partial charge is 0.388 e. The molecule has 2 heterocycles. The lowest BCUT2D eigenvalue weighted by molar-refractivity contribution is -0.269. The van der Waals surface area contributed by atoms with E-state index in [9.17, 15) is 5.11 Å². The number of nitrogens with zero attached hydrogens (tertiary/aromatic N) is 1. The van der Waals surface area contributed by atoms with Crippen molar-refractivity contribution in [3.05, 3.63) is 35.9 Å². The zero-order chi connectivity index (χ0) is 14.1. The van der Waals surface area contributed by atoms with Crippen molar-refractivity contribution in [1.82, 2.24) is 5.06 Å². The van der Waals surface area contributed by atoms with Crippen LogP contribution in [0, 0.1) is 0 Å². The van der Waals surface area contributed by atoms with Gasteiger partial charge in [0.25, 0.3) is 0 Å². The molecule has 20 heavy (non-hydrogen) atoms. The zero-order valence-corrected chi connectivity index (χ0v) is 11.8. The molecule has 0 saturated carbocycles. The van der Waals surface area contributed by atoms with Crippen LogP contribution in [-0.2, 0) is 14.3 Å². The Balaban J connectivity index is 1.72. The standard InChI is InChI=1S/C15H21NO4/c1-10-18-9-13(17)15(19-10)12-8-14(20-16(12)2)11-6-4-3-5-7-11/h3-7,10,12-15,17H,8-9H2,1-2H3/t10-,12+,13+,14+,15+/m0/s1. The van der Waals surface area contributed by atoms with Gasteiger partial charge in [-0.15, -0.1) is 0 Å². The predicted octanol–water partition coefficient (Wildman–Crippen LogP) is 1.49. The molecule has 5 atom stereocenters. The van der Waals surface area contributed by atoms with Crippen LogP contribution >= 0.6 is 0 Å². The first-order valence-electron chi connectivity index (χ1n) is 7.05. The number of hydrogen-bond donors (Lipinski definition) is 1. The van der Waals surface area contributed by atoms with Gasteiger partial charge in [0.1, 0.15) is 18.3 Å². The molecule has 2 aliphatic heterocycles. The molecular formula is C15H21NO4. The quantitative estimate of drug-likeness (QED) is 0.889. The van der Waals surface area contributed by atoms with Crippen LogP contribution < -0.4 is 0 Å². The van der Waals surface area contributed by atoms with Crippen LogP contribution in [0.1, 0.15) is 25.0 Å². The van der Waals surface area contributed by atoms with Gasteiger partial charge in [-0.05, 0) is 12.5 Å². The summed E-state index contributed by atoms with van der Waals surface area (Å²) in [5.74, 6) is 0. The summed E-state index contributed by atoms with van der Waals surface area (Å²) < 4.78 is 11.0. The maximum atomic E-state index is 10.1. The van der Waals surface area contributed by atoms with Gasteiger partial charge in [0.2, 0.25) is 0 Å². The van der Waals surface area contributed by atoms with Gasteiger partial charge >= 0.3 is 0 Å². The Labute approximate surface area is 119 Å². The third-order valence-corrected chi connectivity index (χ3v) is 4.00. The minimum atomic E-state index is -0.614. The number of rotatable bonds is 2. The van der Waals surface area contributed by atoms with Crippen LogP contribution in [0.3, 0.4) is 0 Å². The Hall–Kier alpha value is -0.980. The Morgan fingerprint density at radius 2 is 2.00 bits per heavy atom. The molecule has 2 fully saturated rings. The number of hydrogen-bond acceptors (Lipinski definition) is 5. The number of ether oxygens (including phenoxy) is 2. The molecule has 5 nitrogen and oxygen atoms in total. The summed E-state index contributed by atoms with van der Waals surface area (Å²) >= 11 is 0. The summed E-state index contributed by atoms with van der Waals surface area (Å²) in [6.45, 7) is 2.16. The lowest BCUT2D eigenvalue weighted by atomic mass is 9.97. The number of benzene rings is 1. The molecule has 2 saturated heterocycles. The molecule has 0 aliphatic carbocycles. The zero-order valence-electron chi connectivity index (χ0n) is 11.8. The van der Waals surface area contributed by atoms with E-state index < -0.39 is 6.10 Å². The molecule has 3 rings (SSSR count). The number of likely N-dealkylation sites (N-methyl/N-ethyl adjacent to an activating group) is 1. The molecule has 1 N–H and O–H groups in total. The minimum absolute atomic E-state index is 0.0140. The topological polar surface area (TPSA) is 51.2 Å². The molecule has 1 aromatic carbocycles. The van der Waals surface area contributed by atoms with Gasteiger partial charge in [-0.3, -0.25) is 4.84 Å². The summed E-state index contributed by atoms with van der Waals surface area (Å²) in [5, 5.41) is 11.9. The first kappa shape index (κ1) is 14.0. The monoisotopic (exact) mass is 279 g/mol. The SMILES string of the molecule is C[C@H]1OC[C@@H](O)[C@@H]([C@H]2C[C@H](c3ccccc3)ON2C)O1. The van der Waals surface area contributed by atoms with E-state index in [0.29, 0.717) is 6.61 Å². The van der Waals surface area contributed by atoms with E-state index in [4.69, 9.17) is 14.3 Å². The van der Waals surface area contributed by atoms with E-state index in [-0.39, 0.29) is 24.5 Å². The molecule has 0 unspecified atom stereocenters. The van der Waals surface area contributed by atoms with Crippen molar-refractivity contribution in [3.8, 4) is 0 Å². The normalized spacial score (nSPS) is 39.0. The van der Waals surface area contributed by atoms with E-state index in [0.717, 1.165) is 12.0 Å². The fraction of sp³-hybridized carbons (Fsp3) is 0.600. The molecule has 0 spiro atoms. The number of aliphatic hydroxyl groups excluding tert-OH is 1. The molecule has 0 aromatic heterocycles. The highest BCUT2D eigenvalue weighted by Gasteiger charge is 2.43. The lowest BCUT2D eigenvalue weighted by Gasteiger charge is -2.37. The Morgan fingerprint density at radius 3 is 2.75 bits per heavy atom. The summed E-state index contributed by atoms with van der Waals surface area (Å²) in [7, 11) is 1.89. The molecule has 110 valence electrons. The first-order chi connectivity index (χ1) is 9.65. The van der Waals surface area contributed by atoms with Gasteiger partial charge in [-0.1, -0.05) is 30.3 Å². The second-order valence-corrected chi connectivity index (χ2v) is 5.42. The van der Waals surface area contributed by atoms with E-state index >= 15 is 0 Å². The molecule has 1 aromatic rings. The third-order valence-electron chi connectivity index (χ3n) is 4.00. The van der Waals surface area contributed by atoms with Crippen molar-refractivity contribution in [3.63, 3.8) is 0 Å². The van der Waals surface area contributed by atoms with E-state index in [1.165, 1.54) is 0 Å². The van der Waals surface area contributed by atoms with Gasteiger partial charge in [0, 0.05) is 13.5 Å². The van der Waals surface area contributed by atoms with Crippen molar-refractivity contribution in [2.24, 2.45) is 0 Å². The number of hydroxylamine groups is 2. The Morgan fingerprint density at radius 1 is 1.25 bits per heavy atom. The summed E-state index contributed by atoms with van der Waals surface area (Å²) in [4.78, 5) is 5.90. The van der Waals surface area contributed by atoms with Gasteiger partial charge in [-0.2, -0.15) is 5.06 Å². The second-order valence-electron chi connectivity index (χ2n) is 5.42. The highest BCUT2D eigenvalue weighted by Crippen LogP contribution is 2.36. The third kappa shape index (κ3) is 2.73. The highest BCUT2D eigenvalue weighted by molar-refractivity contribution is 5.18. The van der Waals surface area contributed by atoms with E-state index in [1.807, 2.05) is 37.2 Å². The van der Waals surface area contributed by atoms with Crippen molar-refractivity contribution in [2.75, 3.05) is 13.7 Å². The first-order valence-corrected chi connectivity index (χ1v) is 7.05. The van der Waals surface area contributed by atoms with E-state index in [1.54, 1.807) is 0 Å². The summed E-state index contributed by atoms with van der Waals surface area (Å²) in [6.07, 6.45) is -0.364. The van der Waals surface area contributed by atoms with Crippen molar-refractivity contribution >= 4 is 0 Å². The Bertz CT molecular complexity index is 441. The minimum Gasteiger partial charge on any atom is -0.388 e.